The monoisotopic (exact) mass is 435 g/mol. The van der Waals surface area contributed by atoms with Gasteiger partial charge in [0, 0.05) is 19.7 Å². The third kappa shape index (κ3) is 6.66. The molecule has 23 heavy (non-hydrogen) atoms. The average molecular weight is 435 g/mol. The van der Waals surface area contributed by atoms with Crippen LogP contribution in [0, 0.1) is 5.92 Å². The molecule has 0 bridgehead atoms. The van der Waals surface area contributed by atoms with E-state index in [1.54, 1.807) is 7.05 Å². The Balaban J connectivity index is 0.00000264. The van der Waals surface area contributed by atoms with Gasteiger partial charge in [-0.05, 0) is 44.8 Å². The fraction of sp³-hybridized carbons (Fsp3) is 0.750. The molecule has 7 heteroatoms. The van der Waals surface area contributed by atoms with E-state index in [4.69, 9.17) is 4.52 Å². The van der Waals surface area contributed by atoms with Crippen molar-refractivity contribution in [3.05, 3.63) is 17.5 Å². The van der Waals surface area contributed by atoms with E-state index in [1.807, 2.05) is 6.07 Å². The molecule has 0 aromatic carbocycles. The summed E-state index contributed by atoms with van der Waals surface area (Å²) in [6.07, 6.45) is 2.50. The molecule has 0 atom stereocenters. The summed E-state index contributed by atoms with van der Waals surface area (Å²) >= 11 is 0. The maximum absolute atomic E-state index is 5.33. The lowest BCUT2D eigenvalue weighted by Crippen LogP contribution is -2.41. The molecule has 0 unspecified atom stereocenters. The highest BCUT2D eigenvalue weighted by Gasteiger charge is 2.16. The van der Waals surface area contributed by atoms with Crippen LogP contribution in [0.15, 0.2) is 15.6 Å². The third-order valence-corrected chi connectivity index (χ3v) is 4.22. The molecule has 2 N–H and O–H groups in total. The van der Waals surface area contributed by atoms with Crippen LogP contribution >= 0.6 is 24.0 Å². The predicted molar refractivity (Wildman–Crippen MR) is 104 cm³/mol. The maximum Gasteiger partial charge on any atom is 0.191 e. The molecule has 0 radical (unpaired) electrons. The summed E-state index contributed by atoms with van der Waals surface area (Å²) in [5, 5.41) is 10.8. The lowest BCUT2D eigenvalue weighted by molar-refractivity contribution is 0.220. The van der Waals surface area contributed by atoms with Gasteiger partial charge in [-0.15, -0.1) is 24.0 Å². The smallest absolute Gasteiger partial charge is 0.191 e. The number of likely N-dealkylation sites (tertiary alicyclic amines) is 1. The highest BCUT2D eigenvalue weighted by atomic mass is 127. The van der Waals surface area contributed by atoms with Crippen LogP contribution in [0.25, 0.3) is 0 Å². The van der Waals surface area contributed by atoms with Gasteiger partial charge in [-0.25, -0.2) is 0 Å². The standard InChI is InChI=1S/C16H29N5O.HI/c1-12(2)15-9-14(22-20-15)11-19-16(17-3)18-10-13-5-7-21(4)8-6-13;/h9,12-13H,5-8,10-11H2,1-4H3,(H2,17,18,19);1H. The zero-order valence-electron chi connectivity index (χ0n) is 14.6. The first kappa shape index (κ1) is 20.2. The molecule has 0 spiro atoms. The fourth-order valence-electron chi connectivity index (χ4n) is 2.58. The topological polar surface area (TPSA) is 65.7 Å². The minimum Gasteiger partial charge on any atom is -0.359 e. The van der Waals surface area contributed by atoms with Crippen molar-refractivity contribution in [3.63, 3.8) is 0 Å². The van der Waals surface area contributed by atoms with E-state index >= 15 is 0 Å². The van der Waals surface area contributed by atoms with E-state index in [-0.39, 0.29) is 24.0 Å². The number of guanidine groups is 1. The van der Waals surface area contributed by atoms with Crippen molar-refractivity contribution in [1.82, 2.24) is 20.7 Å². The van der Waals surface area contributed by atoms with Gasteiger partial charge >= 0.3 is 0 Å². The molecule has 1 aromatic heterocycles. The summed E-state index contributed by atoms with van der Waals surface area (Å²) < 4.78 is 5.33. The molecule has 6 nitrogen and oxygen atoms in total. The van der Waals surface area contributed by atoms with Crippen molar-refractivity contribution >= 4 is 29.9 Å². The highest BCUT2D eigenvalue weighted by Crippen LogP contribution is 2.15. The summed E-state index contributed by atoms with van der Waals surface area (Å²) in [6.45, 7) is 8.17. The molecule has 2 rings (SSSR count). The van der Waals surface area contributed by atoms with Gasteiger partial charge in [-0.1, -0.05) is 19.0 Å². The van der Waals surface area contributed by atoms with Crippen LogP contribution in [0.4, 0.5) is 0 Å². The largest absolute Gasteiger partial charge is 0.359 e. The number of nitrogens with one attached hydrogen (secondary N) is 2. The first-order valence-corrected chi connectivity index (χ1v) is 8.17. The van der Waals surface area contributed by atoms with Gasteiger partial charge in [0.1, 0.15) is 0 Å². The Labute approximate surface area is 156 Å². The van der Waals surface area contributed by atoms with Crippen LogP contribution in [-0.4, -0.2) is 49.7 Å². The zero-order valence-corrected chi connectivity index (χ0v) is 17.0. The summed E-state index contributed by atoms with van der Waals surface area (Å²) in [6, 6.07) is 2.00. The van der Waals surface area contributed by atoms with E-state index in [0.717, 1.165) is 29.9 Å². The van der Waals surface area contributed by atoms with Crippen LogP contribution in [0.3, 0.4) is 0 Å². The predicted octanol–water partition coefficient (Wildman–Crippen LogP) is 2.42. The van der Waals surface area contributed by atoms with E-state index in [9.17, 15) is 0 Å². The lowest BCUT2D eigenvalue weighted by Gasteiger charge is -2.29. The average Bonchev–Trinajstić information content (AvgIpc) is 2.98. The Morgan fingerprint density at radius 1 is 1.39 bits per heavy atom. The van der Waals surface area contributed by atoms with E-state index in [2.05, 4.69) is 46.6 Å². The summed E-state index contributed by atoms with van der Waals surface area (Å²) in [5.41, 5.74) is 0.992. The number of nitrogens with zero attached hydrogens (tertiary/aromatic N) is 3. The second kappa shape index (κ2) is 10.1. The number of hydrogen-bond acceptors (Lipinski definition) is 4. The molecule has 1 fully saturated rings. The number of rotatable bonds is 5. The van der Waals surface area contributed by atoms with Gasteiger partial charge < -0.3 is 20.1 Å². The minimum atomic E-state index is 0. The number of aromatic nitrogens is 1. The van der Waals surface area contributed by atoms with Gasteiger partial charge in [0.15, 0.2) is 11.7 Å². The van der Waals surface area contributed by atoms with Crippen molar-refractivity contribution in [2.45, 2.75) is 39.2 Å². The summed E-state index contributed by atoms with van der Waals surface area (Å²) in [4.78, 5) is 6.65. The van der Waals surface area contributed by atoms with E-state index in [1.165, 1.54) is 25.9 Å². The summed E-state index contributed by atoms with van der Waals surface area (Å²) in [7, 11) is 3.98. The second-order valence-electron chi connectivity index (χ2n) is 6.43. The van der Waals surface area contributed by atoms with Crippen molar-refractivity contribution < 1.29 is 4.52 Å². The molecular formula is C16H30IN5O. The maximum atomic E-state index is 5.33. The fourth-order valence-corrected chi connectivity index (χ4v) is 2.58. The SMILES string of the molecule is CN=C(NCc1cc(C(C)C)no1)NCC1CCN(C)CC1.I. The minimum absolute atomic E-state index is 0. The van der Waals surface area contributed by atoms with Crippen molar-refractivity contribution in [1.29, 1.82) is 0 Å². The molecule has 132 valence electrons. The van der Waals surface area contributed by atoms with Gasteiger partial charge in [-0.3, -0.25) is 4.99 Å². The van der Waals surface area contributed by atoms with Crippen LogP contribution in [0.2, 0.25) is 0 Å². The molecule has 1 aliphatic rings. The first-order valence-electron chi connectivity index (χ1n) is 8.17. The summed E-state index contributed by atoms with van der Waals surface area (Å²) in [5.74, 6) is 2.78. The Hall–Kier alpha value is -0.830. The number of aliphatic imine (C=N–C) groups is 1. The number of hydrogen-bond donors (Lipinski definition) is 2. The molecule has 0 aliphatic carbocycles. The molecule has 1 aromatic rings. The van der Waals surface area contributed by atoms with Crippen molar-refractivity contribution in [2.75, 3.05) is 33.7 Å². The Morgan fingerprint density at radius 3 is 2.65 bits per heavy atom. The molecule has 0 saturated carbocycles. The molecule has 0 amide bonds. The molecule has 1 aliphatic heterocycles. The Kier molecular flexibility index (Phi) is 8.90. The van der Waals surface area contributed by atoms with Crippen LogP contribution in [0.1, 0.15) is 44.1 Å². The van der Waals surface area contributed by atoms with Crippen LogP contribution < -0.4 is 10.6 Å². The second-order valence-corrected chi connectivity index (χ2v) is 6.43. The molecule has 2 heterocycles. The highest BCUT2D eigenvalue weighted by molar-refractivity contribution is 14.0. The Bertz CT molecular complexity index is 481. The van der Waals surface area contributed by atoms with Gasteiger partial charge in [-0.2, -0.15) is 0 Å². The van der Waals surface area contributed by atoms with Gasteiger partial charge in [0.2, 0.25) is 0 Å². The first-order chi connectivity index (χ1) is 10.6. The van der Waals surface area contributed by atoms with Crippen LogP contribution in [0.5, 0.6) is 0 Å². The normalized spacial score (nSPS) is 17.2. The van der Waals surface area contributed by atoms with Crippen LogP contribution in [-0.2, 0) is 6.54 Å². The van der Waals surface area contributed by atoms with Gasteiger partial charge in [0.05, 0.1) is 12.2 Å². The number of halogens is 1. The van der Waals surface area contributed by atoms with Crippen molar-refractivity contribution in [2.24, 2.45) is 10.9 Å². The van der Waals surface area contributed by atoms with E-state index < -0.39 is 0 Å². The van der Waals surface area contributed by atoms with E-state index in [0.29, 0.717) is 12.5 Å². The lowest BCUT2D eigenvalue weighted by atomic mass is 9.97. The quantitative estimate of drug-likeness (QED) is 0.423. The molecule has 1 saturated heterocycles. The molecular weight excluding hydrogens is 405 g/mol. The van der Waals surface area contributed by atoms with Crippen molar-refractivity contribution in [3.8, 4) is 0 Å². The zero-order chi connectivity index (χ0) is 15.9. The third-order valence-electron chi connectivity index (χ3n) is 4.22. The number of piperidine rings is 1. The Morgan fingerprint density at radius 2 is 2.09 bits per heavy atom. The van der Waals surface area contributed by atoms with Gasteiger partial charge in [0.25, 0.3) is 0 Å².